The van der Waals surface area contributed by atoms with Gasteiger partial charge in [-0.1, -0.05) is 48.4 Å². The summed E-state index contributed by atoms with van der Waals surface area (Å²) in [6.07, 6.45) is 1.23. The van der Waals surface area contributed by atoms with Gasteiger partial charge in [0.05, 0.1) is 11.6 Å². The van der Waals surface area contributed by atoms with Crippen molar-refractivity contribution in [3.05, 3.63) is 95.1 Å². The van der Waals surface area contributed by atoms with E-state index in [-0.39, 0.29) is 29.3 Å². The third-order valence-corrected chi connectivity index (χ3v) is 7.76. The monoisotopic (exact) mass is 633 g/mol. The summed E-state index contributed by atoms with van der Waals surface area (Å²) in [6.45, 7) is 9.36. The molecule has 1 aliphatic heterocycles. The first-order valence-electron chi connectivity index (χ1n) is 15.4. The van der Waals surface area contributed by atoms with Crippen molar-refractivity contribution in [2.24, 2.45) is 0 Å². The molecule has 10 heteroatoms. The van der Waals surface area contributed by atoms with E-state index in [0.29, 0.717) is 35.2 Å². The van der Waals surface area contributed by atoms with Gasteiger partial charge in [0.15, 0.2) is 0 Å². The number of rotatable bonds is 7. The molecule has 0 radical (unpaired) electrons. The van der Waals surface area contributed by atoms with Crippen molar-refractivity contribution in [3.63, 3.8) is 0 Å². The van der Waals surface area contributed by atoms with Gasteiger partial charge < -0.3 is 19.4 Å². The topological polar surface area (TPSA) is 121 Å². The normalized spacial score (nSPS) is 15.6. The number of nitriles is 1. The van der Waals surface area contributed by atoms with Crippen LogP contribution >= 0.6 is 0 Å². The van der Waals surface area contributed by atoms with E-state index < -0.39 is 23.1 Å². The molecule has 0 saturated carbocycles. The van der Waals surface area contributed by atoms with Crippen molar-refractivity contribution in [1.82, 2.24) is 20.4 Å². The number of hydrogen-bond donors (Lipinski definition) is 1. The number of amides is 2. The molecule has 47 heavy (non-hydrogen) atoms. The lowest BCUT2D eigenvalue weighted by Gasteiger charge is -2.29. The van der Waals surface area contributed by atoms with Crippen LogP contribution < -0.4 is 5.32 Å². The molecule has 2 atom stereocenters. The van der Waals surface area contributed by atoms with Gasteiger partial charge in [-0.3, -0.25) is 4.79 Å². The predicted octanol–water partition coefficient (Wildman–Crippen LogP) is 7.02. The lowest BCUT2D eigenvalue weighted by molar-refractivity contribution is 0.0443. The number of carbonyl (C=O) groups excluding carboxylic acids is 2. The second kappa shape index (κ2) is 13.5. The number of aromatic nitrogens is 2. The van der Waals surface area contributed by atoms with E-state index in [1.807, 2.05) is 36.4 Å². The highest BCUT2D eigenvalue weighted by molar-refractivity contribution is 5.97. The van der Waals surface area contributed by atoms with Crippen LogP contribution in [-0.2, 0) is 16.7 Å². The summed E-state index contributed by atoms with van der Waals surface area (Å²) >= 11 is 0. The van der Waals surface area contributed by atoms with Gasteiger partial charge in [0.2, 0.25) is 11.8 Å². The zero-order valence-corrected chi connectivity index (χ0v) is 27.1. The maximum atomic E-state index is 14.7. The minimum atomic E-state index is -1.18. The summed E-state index contributed by atoms with van der Waals surface area (Å²) in [5, 5.41) is 21.3. The first kappa shape index (κ1) is 32.9. The van der Waals surface area contributed by atoms with E-state index in [1.54, 1.807) is 63.8 Å². The average molecular weight is 634 g/mol. The van der Waals surface area contributed by atoms with Gasteiger partial charge >= 0.3 is 6.09 Å². The lowest BCUT2D eigenvalue weighted by Crippen LogP contribution is -2.47. The van der Waals surface area contributed by atoms with Crippen molar-refractivity contribution in [2.75, 3.05) is 6.54 Å². The molecule has 1 aromatic heterocycles. The molecule has 5 rings (SSSR count). The molecule has 0 aliphatic carbocycles. The fraction of sp³-hybridized carbons (Fsp3) is 0.324. The zero-order valence-electron chi connectivity index (χ0n) is 27.1. The van der Waals surface area contributed by atoms with Crippen LogP contribution in [0.25, 0.3) is 22.6 Å². The first-order chi connectivity index (χ1) is 22.4. The summed E-state index contributed by atoms with van der Waals surface area (Å²) in [5.74, 6) is 5.27. The number of ether oxygens (including phenoxy) is 1. The highest BCUT2D eigenvalue weighted by Crippen LogP contribution is 2.34. The second-order valence-electron chi connectivity index (χ2n) is 12.7. The number of halogens is 1. The zero-order chi connectivity index (χ0) is 33.8. The van der Waals surface area contributed by atoms with Crippen molar-refractivity contribution < 1.29 is 23.1 Å². The minimum absolute atomic E-state index is 0.0717. The molecule has 1 aliphatic rings. The van der Waals surface area contributed by atoms with E-state index in [9.17, 15) is 19.2 Å². The van der Waals surface area contributed by atoms with Crippen molar-refractivity contribution in [1.29, 1.82) is 5.26 Å². The molecular formula is C37H36FN5O4. The van der Waals surface area contributed by atoms with Gasteiger partial charge in [-0.25, -0.2) is 9.18 Å². The van der Waals surface area contributed by atoms with E-state index in [0.717, 1.165) is 18.4 Å². The number of hydrogen-bond acceptors (Lipinski definition) is 7. The van der Waals surface area contributed by atoms with Crippen LogP contribution in [0.2, 0.25) is 0 Å². The van der Waals surface area contributed by atoms with Gasteiger partial charge in [0.1, 0.15) is 23.0 Å². The van der Waals surface area contributed by atoms with Crippen LogP contribution in [0, 0.1) is 29.0 Å². The third kappa shape index (κ3) is 7.50. The standard InChI is InChI=1S/C37H36FN5O4/c1-6-12-28-15-11-18-43(28)33(44)27-20-25(29-16-10-17-31(38)30(29)23-39)19-26(21-27)32-41-42-34(46-32)37(5,22-24-13-8-7-9-14-24)40-35(45)47-36(2,3)4/h7-10,13-14,16-17,19-21,28H,11,15,18,22H2,1-5H3,(H,40,45)/t28-,37?/m0/s1. The quantitative estimate of drug-likeness (QED) is 0.217. The summed E-state index contributed by atoms with van der Waals surface area (Å²) < 4.78 is 26.5. The Bertz CT molecular complexity index is 1900. The maximum absolute atomic E-state index is 14.7. The average Bonchev–Trinajstić information content (AvgIpc) is 3.71. The number of benzene rings is 3. The molecule has 1 N–H and O–H groups in total. The molecule has 4 aromatic rings. The first-order valence-corrected chi connectivity index (χ1v) is 15.4. The van der Waals surface area contributed by atoms with Crippen molar-refractivity contribution in [2.45, 2.75) is 71.1 Å². The Morgan fingerprint density at radius 1 is 1.06 bits per heavy atom. The third-order valence-electron chi connectivity index (χ3n) is 7.76. The summed E-state index contributed by atoms with van der Waals surface area (Å²) in [5.41, 5.74) is 0.269. The second-order valence-corrected chi connectivity index (χ2v) is 12.7. The summed E-state index contributed by atoms with van der Waals surface area (Å²) in [4.78, 5) is 28.6. The van der Waals surface area contributed by atoms with Crippen LogP contribution in [0.4, 0.5) is 9.18 Å². The lowest BCUT2D eigenvalue weighted by atomic mass is 9.92. The van der Waals surface area contributed by atoms with Gasteiger partial charge in [-0.05, 0) is 82.9 Å². The van der Waals surface area contributed by atoms with Gasteiger partial charge in [-0.2, -0.15) is 5.26 Å². The molecule has 2 amide bonds. The predicted molar refractivity (Wildman–Crippen MR) is 174 cm³/mol. The Balaban J connectivity index is 1.60. The van der Waals surface area contributed by atoms with E-state index >= 15 is 0 Å². The van der Waals surface area contributed by atoms with Crippen molar-refractivity contribution >= 4 is 12.0 Å². The molecular weight excluding hydrogens is 597 g/mol. The molecule has 1 saturated heterocycles. The highest BCUT2D eigenvalue weighted by Gasteiger charge is 2.37. The minimum Gasteiger partial charge on any atom is -0.444 e. The number of likely N-dealkylation sites (tertiary alicyclic amines) is 1. The largest absolute Gasteiger partial charge is 0.444 e. The molecule has 3 aromatic carbocycles. The van der Waals surface area contributed by atoms with Gasteiger partial charge in [-0.15, -0.1) is 16.1 Å². The fourth-order valence-corrected chi connectivity index (χ4v) is 5.67. The van der Waals surface area contributed by atoms with E-state index in [4.69, 9.17) is 9.15 Å². The van der Waals surface area contributed by atoms with Crippen LogP contribution in [0.15, 0.2) is 71.1 Å². The number of nitrogens with one attached hydrogen (secondary N) is 1. The Kier molecular flexibility index (Phi) is 9.44. The van der Waals surface area contributed by atoms with Crippen LogP contribution in [-0.4, -0.2) is 45.3 Å². The van der Waals surface area contributed by atoms with Gasteiger partial charge in [0, 0.05) is 29.7 Å². The molecule has 0 bridgehead atoms. The molecule has 9 nitrogen and oxygen atoms in total. The Morgan fingerprint density at radius 3 is 2.51 bits per heavy atom. The van der Waals surface area contributed by atoms with Crippen LogP contribution in [0.5, 0.6) is 0 Å². The molecule has 240 valence electrons. The number of alkyl carbamates (subject to hydrolysis) is 1. The Hall–Kier alpha value is -5.48. The number of nitrogens with zero attached hydrogens (tertiary/aromatic N) is 4. The smallest absolute Gasteiger partial charge is 0.408 e. The Labute approximate surface area is 273 Å². The Morgan fingerprint density at radius 2 is 1.81 bits per heavy atom. The molecule has 0 spiro atoms. The fourth-order valence-electron chi connectivity index (χ4n) is 5.67. The molecule has 1 fully saturated rings. The van der Waals surface area contributed by atoms with Gasteiger partial charge in [0.25, 0.3) is 5.91 Å². The molecule has 1 unspecified atom stereocenters. The summed E-state index contributed by atoms with van der Waals surface area (Å²) in [6, 6.07) is 20.5. The van der Waals surface area contributed by atoms with Crippen molar-refractivity contribution in [3.8, 4) is 40.5 Å². The SMILES string of the molecule is CC#C[C@H]1CCCN1C(=O)c1cc(-c2nnc(C(C)(Cc3ccccc3)NC(=O)OC(C)(C)C)o2)cc(-c2cccc(F)c2C#N)c1. The highest BCUT2D eigenvalue weighted by atomic mass is 19.1. The van der Waals surface area contributed by atoms with Crippen LogP contribution in [0.3, 0.4) is 0 Å². The van der Waals surface area contributed by atoms with E-state index in [2.05, 4.69) is 27.4 Å². The number of carbonyl (C=O) groups is 2. The maximum Gasteiger partial charge on any atom is 0.408 e. The van der Waals surface area contributed by atoms with E-state index in [1.165, 1.54) is 12.1 Å². The van der Waals surface area contributed by atoms with Crippen LogP contribution in [0.1, 0.15) is 74.8 Å². The molecule has 2 heterocycles. The summed E-state index contributed by atoms with van der Waals surface area (Å²) in [7, 11) is 0.